The lowest BCUT2D eigenvalue weighted by Crippen LogP contribution is -2.32. The number of nitrogens with one attached hydrogen (secondary N) is 1. The monoisotopic (exact) mass is 742 g/mol. The Bertz CT molecular complexity index is 2320. The predicted molar refractivity (Wildman–Crippen MR) is 182 cm³/mol. The third kappa shape index (κ3) is 7.48. The van der Waals surface area contributed by atoms with Crippen molar-refractivity contribution >= 4 is 60.6 Å². The highest BCUT2D eigenvalue weighted by atomic mass is 32.2. The number of hydrogen-bond donors (Lipinski definition) is 3. The van der Waals surface area contributed by atoms with E-state index in [1.54, 1.807) is 32.0 Å². The molecule has 0 radical (unpaired) electrons. The summed E-state index contributed by atoms with van der Waals surface area (Å²) in [4.78, 5) is 58.7. The van der Waals surface area contributed by atoms with Crippen molar-refractivity contribution < 1.29 is 54.4 Å². The largest absolute Gasteiger partial charge is 0.453 e. The van der Waals surface area contributed by atoms with Crippen LogP contribution in [0.4, 0.5) is 5.69 Å². The minimum absolute atomic E-state index is 0.0313. The molecule has 0 bridgehead atoms. The molecule has 0 unspecified atom stereocenters. The van der Waals surface area contributed by atoms with Crippen LogP contribution in [0.5, 0.6) is 0 Å². The second-order valence-corrected chi connectivity index (χ2v) is 14.2. The van der Waals surface area contributed by atoms with Gasteiger partial charge in [-0.1, -0.05) is 18.2 Å². The van der Waals surface area contributed by atoms with Crippen LogP contribution in [-0.4, -0.2) is 86.3 Å². The van der Waals surface area contributed by atoms with Crippen molar-refractivity contribution in [2.24, 2.45) is 4.99 Å². The number of fused-ring (bicyclic) bond motifs is 2. The molecule has 51 heavy (non-hydrogen) atoms. The summed E-state index contributed by atoms with van der Waals surface area (Å²) in [6, 6.07) is 11.9. The summed E-state index contributed by atoms with van der Waals surface area (Å²) in [5.74, 6) is -3.09. The third-order valence-corrected chi connectivity index (χ3v) is 9.84. The van der Waals surface area contributed by atoms with E-state index in [4.69, 9.17) is 9.25 Å². The highest BCUT2D eigenvalue weighted by Crippen LogP contribution is 2.46. The Morgan fingerprint density at radius 1 is 0.941 bits per heavy atom. The number of amides is 3. The zero-order valence-electron chi connectivity index (χ0n) is 27.7. The number of carbonyl (C=O) groups excluding carboxylic acids is 4. The van der Waals surface area contributed by atoms with Crippen LogP contribution in [0.1, 0.15) is 49.9 Å². The molecule has 5 rings (SSSR count). The number of carbonyl (C=O) groups is 4. The van der Waals surface area contributed by atoms with Crippen LogP contribution in [-0.2, 0) is 39.5 Å². The zero-order chi connectivity index (χ0) is 37.2. The van der Waals surface area contributed by atoms with E-state index in [2.05, 4.69) is 10.3 Å². The fraction of sp³-hybridized carbons (Fsp3) is 0.303. The Morgan fingerprint density at radius 2 is 1.61 bits per heavy atom. The number of nitrogens with zero attached hydrogens (tertiary/aromatic N) is 3. The molecule has 1 saturated heterocycles. The second-order valence-electron chi connectivity index (χ2n) is 11.5. The van der Waals surface area contributed by atoms with E-state index in [9.17, 15) is 45.1 Å². The topological polar surface area (TPSA) is 230 Å². The number of benzene rings is 3. The van der Waals surface area contributed by atoms with E-state index < -0.39 is 65.1 Å². The number of rotatable bonds is 12. The van der Waals surface area contributed by atoms with Crippen LogP contribution in [0.2, 0.25) is 0 Å². The minimum atomic E-state index is -5.06. The van der Waals surface area contributed by atoms with Crippen LogP contribution in [0, 0.1) is 0 Å². The van der Waals surface area contributed by atoms with Gasteiger partial charge in [0.15, 0.2) is 21.1 Å². The van der Waals surface area contributed by atoms with Gasteiger partial charge in [0.1, 0.15) is 0 Å². The summed E-state index contributed by atoms with van der Waals surface area (Å²) in [6.07, 6.45) is -0.226. The van der Waals surface area contributed by atoms with Gasteiger partial charge in [-0.3, -0.25) is 28.5 Å². The first-order chi connectivity index (χ1) is 24.1. The maximum atomic E-state index is 14.0. The van der Waals surface area contributed by atoms with Gasteiger partial charge in [-0.2, -0.15) is 16.8 Å². The molecular weight excluding hydrogens is 709 g/mol. The molecule has 0 aromatic heterocycles. The van der Waals surface area contributed by atoms with E-state index in [-0.39, 0.29) is 84.0 Å². The van der Waals surface area contributed by atoms with Gasteiger partial charge in [-0.15, -0.1) is 5.06 Å². The van der Waals surface area contributed by atoms with Gasteiger partial charge < -0.3 is 19.5 Å². The molecule has 16 nitrogen and oxygen atoms in total. The molecule has 3 amide bonds. The summed E-state index contributed by atoms with van der Waals surface area (Å²) in [5, 5.41) is 3.19. The Kier molecular flexibility index (Phi) is 10.6. The fourth-order valence-electron chi connectivity index (χ4n) is 5.84. The first kappa shape index (κ1) is 37.1. The van der Waals surface area contributed by atoms with E-state index in [0.717, 1.165) is 0 Å². The van der Waals surface area contributed by atoms with Crippen molar-refractivity contribution in [3.8, 4) is 22.5 Å². The van der Waals surface area contributed by atoms with Gasteiger partial charge in [0.05, 0.1) is 11.0 Å². The van der Waals surface area contributed by atoms with Gasteiger partial charge >= 0.3 is 5.97 Å². The fourth-order valence-corrected chi connectivity index (χ4v) is 7.43. The number of hydroxylamine groups is 2. The molecule has 3 aliphatic rings. The Morgan fingerprint density at radius 3 is 2.24 bits per heavy atom. The van der Waals surface area contributed by atoms with Crippen molar-refractivity contribution in [1.82, 2.24) is 9.96 Å². The van der Waals surface area contributed by atoms with Gasteiger partial charge in [0.25, 0.3) is 38.0 Å². The average molecular weight is 743 g/mol. The predicted octanol–water partition coefficient (Wildman–Crippen LogP) is 3.51. The van der Waals surface area contributed by atoms with E-state index in [1.165, 1.54) is 42.3 Å². The molecule has 270 valence electrons. The number of hydrogen-bond acceptors (Lipinski definition) is 12. The SMILES string of the molecule is CCN=c1ccc2c(-c3ccccc3C(=O)N(C)CCCC(=O)ON3C(=O)CCC3=O)c3ccc(NCC)c(S(=O)(=O)O)c3oc-2c1S(=O)(=O)O. The summed E-state index contributed by atoms with van der Waals surface area (Å²) >= 11 is 0. The Balaban J connectivity index is 1.66. The molecule has 2 heterocycles. The molecule has 18 heteroatoms. The molecule has 2 aromatic carbocycles. The highest BCUT2D eigenvalue weighted by Gasteiger charge is 2.34. The molecule has 1 aliphatic carbocycles. The van der Waals surface area contributed by atoms with E-state index in [1.807, 2.05) is 0 Å². The lowest BCUT2D eigenvalue weighted by atomic mass is 9.90. The van der Waals surface area contributed by atoms with Crippen LogP contribution in [0.25, 0.3) is 33.4 Å². The molecule has 2 aliphatic heterocycles. The zero-order valence-corrected chi connectivity index (χ0v) is 29.3. The van der Waals surface area contributed by atoms with E-state index >= 15 is 0 Å². The van der Waals surface area contributed by atoms with Crippen molar-refractivity contribution in [2.75, 3.05) is 32.0 Å². The van der Waals surface area contributed by atoms with Gasteiger partial charge in [-0.25, -0.2) is 4.79 Å². The summed E-state index contributed by atoms with van der Waals surface area (Å²) < 4.78 is 78.2. The molecule has 0 spiro atoms. The molecular formula is C33H34N4O12S2. The van der Waals surface area contributed by atoms with Gasteiger partial charge in [0.2, 0.25) is 0 Å². The highest BCUT2D eigenvalue weighted by molar-refractivity contribution is 7.86. The van der Waals surface area contributed by atoms with Crippen molar-refractivity contribution in [2.45, 2.75) is 49.3 Å². The van der Waals surface area contributed by atoms with Crippen molar-refractivity contribution in [3.63, 3.8) is 0 Å². The first-order valence-corrected chi connectivity index (χ1v) is 18.6. The van der Waals surface area contributed by atoms with Crippen molar-refractivity contribution in [1.29, 1.82) is 0 Å². The van der Waals surface area contributed by atoms with Crippen LogP contribution in [0.15, 0.2) is 67.7 Å². The van der Waals surface area contributed by atoms with Crippen LogP contribution >= 0.6 is 0 Å². The summed E-state index contributed by atoms with van der Waals surface area (Å²) in [6.45, 7) is 3.71. The van der Waals surface area contributed by atoms with Crippen molar-refractivity contribution in [3.05, 3.63) is 59.5 Å². The maximum Gasteiger partial charge on any atom is 0.333 e. The lowest BCUT2D eigenvalue weighted by Gasteiger charge is -2.23. The second kappa shape index (κ2) is 14.6. The summed E-state index contributed by atoms with van der Waals surface area (Å²) in [5.41, 5.74) is 0.00738. The number of imide groups is 1. The van der Waals surface area contributed by atoms with Gasteiger partial charge in [-0.05, 0) is 56.2 Å². The third-order valence-electron chi connectivity index (χ3n) is 8.00. The maximum absolute atomic E-state index is 14.0. The quantitative estimate of drug-likeness (QED) is 0.107. The minimum Gasteiger partial charge on any atom is -0.453 e. The van der Waals surface area contributed by atoms with Crippen LogP contribution in [0.3, 0.4) is 0 Å². The average Bonchev–Trinajstić information content (AvgIpc) is 3.37. The standard InChI is InChI=1S/C33H34N4O12S2/c1-4-34-23-14-12-21-28(22-13-15-24(35-5-2)32(51(45,46)47)30(22)48-29(21)31(23)50(42,43)44)19-9-6-7-10-20(19)33(41)36(3)18-8-11-27(40)49-37-25(38)16-17-26(37)39/h6-7,9-10,12-15,34H,4-5,8,11,16-18H2,1-3H3,(H,42,43,44)(H,45,46,47). The summed E-state index contributed by atoms with van der Waals surface area (Å²) in [7, 11) is -8.62. The smallest absolute Gasteiger partial charge is 0.333 e. The van der Waals surface area contributed by atoms with Crippen LogP contribution < -0.4 is 10.7 Å². The molecule has 2 aromatic rings. The molecule has 0 saturated carbocycles. The first-order valence-electron chi connectivity index (χ1n) is 15.8. The number of anilines is 1. The lowest BCUT2D eigenvalue weighted by molar-refractivity contribution is -0.197. The Labute approximate surface area is 292 Å². The molecule has 1 fully saturated rings. The molecule has 3 N–H and O–H groups in total. The Hall–Kier alpha value is -5.17. The normalized spacial score (nSPS) is 14.1. The molecule has 0 atom stereocenters. The van der Waals surface area contributed by atoms with E-state index in [0.29, 0.717) is 5.06 Å². The van der Waals surface area contributed by atoms with Gasteiger partial charge in [0, 0.05) is 68.0 Å².